The van der Waals surface area contributed by atoms with Crippen molar-refractivity contribution in [3.63, 3.8) is 0 Å². The number of alkyl halides is 3. The fourth-order valence-electron chi connectivity index (χ4n) is 1.37. The van der Waals surface area contributed by atoms with Crippen LogP contribution in [0.3, 0.4) is 0 Å². The lowest BCUT2D eigenvalue weighted by molar-refractivity contribution is -0.138. The van der Waals surface area contributed by atoms with E-state index in [2.05, 4.69) is 5.32 Å². The molecule has 0 bridgehead atoms. The topological polar surface area (TPSA) is 55.1 Å². The van der Waals surface area contributed by atoms with Gasteiger partial charge in [0, 0.05) is 11.6 Å². The van der Waals surface area contributed by atoms with Crippen LogP contribution in [0.25, 0.3) is 0 Å². The van der Waals surface area contributed by atoms with Crippen LogP contribution < -0.4 is 11.1 Å². The number of rotatable bonds is 3. The molecule has 7 heteroatoms. The molecule has 18 heavy (non-hydrogen) atoms. The molecule has 0 aromatic heterocycles. The highest BCUT2D eigenvalue weighted by molar-refractivity contribution is 6.33. The first-order valence-corrected chi connectivity index (χ1v) is 5.49. The third kappa shape index (κ3) is 4.44. The molecule has 0 aliphatic rings. The number of amides is 1. The number of hydrogen-bond acceptors (Lipinski definition) is 2. The summed E-state index contributed by atoms with van der Waals surface area (Å²) >= 11 is 5.72. The molecule has 3 nitrogen and oxygen atoms in total. The highest BCUT2D eigenvalue weighted by Gasteiger charge is 2.30. The Bertz CT molecular complexity index is 448. The maximum absolute atomic E-state index is 12.1. The van der Waals surface area contributed by atoms with Crippen molar-refractivity contribution >= 4 is 23.2 Å². The average molecular weight is 281 g/mol. The summed E-state index contributed by atoms with van der Waals surface area (Å²) in [5, 5.41) is 2.43. The van der Waals surface area contributed by atoms with Gasteiger partial charge in [-0.3, -0.25) is 4.79 Å². The summed E-state index contributed by atoms with van der Waals surface area (Å²) < 4.78 is 36.3. The molecule has 1 amide bonds. The number of nitrogen functional groups attached to an aromatic ring is 1. The zero-order chi connectivity index (χ0) is 13.9. The van der Waals surface area contributed by atoms with E-state index >= 15 is 0 Å². The molecule has 0 aliphatic carbocycles. The van der Waals surface area contributed by atoms with Crippen molar-refractivity contribution in [2.75, 3.05) is 5.73 Å². The van der Waals surface area contributed by atoms with E-state index < -0.39 is 24.5 Å². The normalized spacial score (nSPS) is 13.2. The second-order valence-corrected chi connectivity index (χ2v) is 4.34. The van der Waals surface area contributed by atoms with Crippen LogP contribution >= 0.6 is 11.6 Å². The molecule has 0 radical (unpaired) electrons. The van der Waals surface area contributed by atoms with E-state index in [4.69, 9.17) is 17.3 Å². The lowest BCUT2D eigenvalue weighted by Crippen LogP contribution is -2.35. The van der Waals surface area contributed by atoms with E-state index in [0.717, 1.165) is 0 Å². The molecular weight excluding hydrogens is 269 g/mol. The fraction of sp³-hybridized carbons (Fsp3) is 0.364. The van der Waals surface area contributed by atoms with Crippen LogP contribution in [0.15, 0.2) is 18.2 Å². The molecule has 1 atom stereocenters. The van der Waals surface area contributed by atoms with E-state index in [0.29, 0.717) is 5.69 Å². The second-order valence-electron chi connectivity index (χ2n) is 3.93. The van der Waals surface area contributed by atoms with Gasteiger partial charge in [0.15, 0.2) is 0 Å². The van der Waals surface area contributed by atoms with Crippen molar-refractivity contribution < 1.29 is 18.0 Å². The Morgan fingerprint density at radius 1 is 1.50 bits per heavy atom. The molecule has 0 spiro atoms. The second kappa shape index (κ2) is 5.48. The predicted molar refractivity (Wildman–Crippen MR) is 63.5 cm³/mol. The zero-order valence-electron chi connectivity index (χ0n) is 9.51. The number of carbonyl (C=O) groups is 1. The lowest BCUT2D eigenvalue weighted by atomic mass is 10.1. The van der Waals surface area contributed by atoms with Crippen LogP contribution in [0.2, 0.25) is 5.02 Å². The Morgan fingerprint density at radius 3 is 2.61 bits per heavy atom. The standard InChI is InChI=1S/C11H12ClF3N2O/c1-6(5-11(13,14)15)17-10(18)7-2-3-9(16)8(12)4-7/h2-4,6H,5,16H2,1H3,(H,17,18). The van der Waals surface area contributed by atoms with Crippen LogP contribution in [0.4, 0.5) is 18.9 Å². The molecule has 0 fully saturated rings. The minimum absolute atomic E-state index is 0.170. The van der Waals surface area contributed by atoms with Crippen LogP contribution in [-0.4, -0.2) is 18.1 Å². The van der Waals surface area contributed by atoms with Gasteiger partial charge < -0.3 is 11.1 Å². The van der Waals surface area contributed by atoms with Crippen LogP contribution in [0.1, 0.15) is 23.7 Å². The molecule has 3 N–H and O–H groups in total. The summed E-state index contributed by atoms with van der Waals surface area (Å²) in [6, 6.07) is 3.13. The summed E-state index contributed by atoms with van der Waals surface area (Å²) in [5.74, 6) is -0.617. The number of nitrogens with one attached hydrogen (secondary N) is 1. The molecule has 1 aromatic rings. The molecule has 0 saturated heterocycles. The van der Waals surface area contributed by atoms with E-state index in [1.807, 2.05) is 0 Å². The Morgan fingerprint density at radius 2 is 2.11 bits per heavy atom. The quantitative estimate of drug-likeness (QED) is 0.836. The number of halogens is 4. The van der Waals surface area contributed by atoms with Crippen LogP contribution in [-0.2, 0) is 0 Å². The van der Waals surface area contributed by atoms with E-state index in [-0.39, 0.29) is 10.6 Å². The van der Waals surface area contributed by atoms with Gasteiger partial charge in [-0.1, -0.05) is 11.6 Å². The Hall–Kier alpha value is -1.43. The zero-order valence-corrected chi connectivity index (χ0v) is 10.3. The SMILES string of the molecule is CC(CC(F)(F)F)NC(=O)c1ccc(N)c(Cl)c1. The van der Waals surface area contributed by atoms with E-state index in [1.165, 1.54) is 25.1 Å². The highest BCUT2D eigenvalue weighted by Crippen LogP contribution is 2.22. The molecule has 1 rings (SSSR count). The van der Waals surface area contributed by atoms with Crippen molar-refractivity contribution in [1.82, 2.24) is 5.32 Å². The number of benzene rings is 1. The van der Waals surface area contributed by atoms with Crippen molar-refractivity contribution in [2.24, 2.45) is 0 Å². The Balaban J connectivity index is 2.68. The van der Waals surface area contributed by atoms with Gasteiger partial charge in [0.25, 0.3) is 5.91 Å². The lowest BCUT2D eigenvalue weighted by Gasteiger charge is -2.16. The van der Waals surface area contributed by atoms with Gasteiger partial charge in [-0.05, 0) is 25.1 Å². The summed E-state index contributed by atoms with van der Waals surface area (Å²) in [4.78, 5) is 11.6. The minimum Gasteiger partial charge on any atom is -0.398 e. The van der Waals surface area contributed by atoms with Crippen molar-refractivity contribution in [2.45, 2.75) is 25.6 Å². The summed E-state index contributed by atoms with van der Waals surface area (Å²) in [6.45, 7) is 1.28. The average Bonchev–Trinajstić information content (AvgIpc) is 2.18. The van der Waals surface area contributed by atoms with Gasteiger partial charge in [-0.15, -0.1) is 0 Å². The first kappa shape index (κ1) is 14.6. The first-order valence-electron chi connectivity index (χ1n) is 5.11. The molecule has 0 heterocycles. The Labute approximate surface area is 107 Å². The molecule has 0 aliphatic heterocycles. The van der Waals surface area contributed by atoms with Gasteiger partial charge in [-0.25, -0.2) is 0 Å². The third-order valence-electron chi connectivity index (χ3n) is 2.18. The molecular formula is C11H12ClF3N2O. The smallest absolute Gasteiger partial charge is 0.391 e. The molecule has 1 aromatic carbocycles. The van der Waals surface area contributed by atoms with Crippen molar-refractivity contribution in [3.05, 3.63) is 28.8 Å². The first-order chi connectivity index (χ1) is 8.19. The maximum Gasteiger partial charge on any atom is 0.391 e. The molecule has 1 unspecified atom stereocenters. The largest absolute Gasteiger partial charge is 0.398 e. The van der Waals surface area contributed by atoms with E-state index in [9.17, 15) is 18.0 Å². The third-order valence-corrected chi connectivity index (χ3v) is 2.51. The van der Waals surface area contributed by atoms with Crippen LogP contribution in [0, 0.1) is 0 Å². The number of carbonyl (C=O) groups excluding carboxylic acids is 1. The highest BCUT2D eigenvalue weighted by atomic mass is 35.5. The molecule has 100 valence electrons. The summed E-state index contributed by atoms with van der Waals surface area (Å²) in [7, 11) is 0. The monoisotopic (exact) mass is 280 g/mol. The molecule has 0 saturated carbocycles. The summed E-state index contributed by atoms with van der Waals surface area (Å²) in [5.41, 5.74) is 5.93. The predicted octanol–water partition coefficient (Wildman–Crippen LogP) is 2.99. The van der Waals surface area contributed by atoms with Gasteiger partial charge >= 0.3 is 6.18 Å². The number of nitrogens with two attached hydrogens (primary N) is 1. The fourth-order valence-corrected chi connectivity index (χ4v) is 1.55. The van der Waals surface area contributed by atoms with Gasteiger partial charge in [0.05, 0.1) is 17.1 Å². The maximum atomic E-state index is 12.1. The number of anilines is 1. The minimum atomic E-state index is -4.31. The van der Waals surface area contributed by atoms with Crippen molar-refractivity contribution in [1.29, 1.82) is 0 Å². The van der Waals surface area contributed by atoms with Crippen LogP contribution in [0.5, 0.6) is 0 Å². The van der Waals surface area contributed by atoms with Crippen molar-refractivity contribution in [3.8, 4) is 0 Å². The number of hydrogen-bond donors (Lipinski definition) is 2. The Kier molecular flexibility index (Phi) is 4.45. The van der Waals surface area contributed by atoms with Gasteiger partial charge in [0.1, 0.15) is 0 Å². The van der Waals surface area contributed by atoms with Gasteiger partial charge in [0.2, 0.25) is 0 Å². The summed E-state index contributed by atoms with van der Waals surface area (Å²) in [6.07, 6.45) is -5.40. The van der Waals surface area contributed by atoms with Gasteiger partial charge in [-0.2, -0.15) is 13.2 Å². The van der Waals surface area contributed by atoms with E-state index in [1.54, 1.807) is 0 Å².